The number of aryl methyl sites for hydroxylation is 1. The maximum absolute atomic E-state index is 13.0. The van der Waals surface area contributed by atoms with Crippen LogP contribution in [-0.4, -0.2) is 49.4 Å². The SMILES string of the molecule is [B]c1nc(NC(CC)CC)nn2ccc(-c3ccc4nc(C)n(CC(F)F)c4n3)c12. The van der Waals surface area contributed by atoms with Crippen molar-refractivity contribution in [3.63, 3.8) is 0 Å². The Bertz CT molecular complexity index is 1200. The second-order valence-electron chi connectivity index (χ2n) is 7.20. The van der Waals surface area contributed by atoms with Crippen molar-refractivity contribution in [1.82, 2.24) is 29.1 Å². The second-order valence-corrected chi connectivity index (χ2v) is 7.20. The van der Waals surface area contributed by atoms with E-state index in [4.69, 9.17) is 7.85 Å². The van der Waals surface area contributed by atoms with Gasteiger partial charge in [0.15, 0.2) is 5.65 Å². The first kappa shape index (κ1) is 20.2. The van der Waals surface area contributed by atoms with Crippen molar-refractivity contribution in [2.24, 2.45) is 0 Å². The fourth-order valence-corrected chi connectivity index (χ4v) is 3.62. The molecule has 0 aliphatic carbocycles. The van der Waals surface area contributed by atoms with Gasteiger partial charge in [0.1, 0.15) is 19.2 Å². The van der Waals surface area contributed by atoms with Gasteiger partial charge in [-0.2, -0.15) is 0 Å². The molecule has 4 aromatic rings. The molecule has 4 aromatic heterocycles. The largest absolute Gasteiger partial charge is 0.350 e. The van der Waals surface area contributed by atoms with Crippen LogP contribution in [0.1, 0.15) is 32.5 Å². The third-order valence-corrected chi connectivity index (χ3v) is 5.24. The highest BCUT2D eigenvalue weighted by Crippen LogP contribution is 2.26. The number of fused-ring (bicyclic) bond motifs is 2. The van der Waals surface area contributed by atoms with Crippen LogP contribution < -0.4 is 10.9 Å². The molecule has 0 saturated heterocycles. The molecule has 4 heterocycles. The molecule has 0 fully saturated rings. The van der Waals surface area contributed by atoms with Crippen molar-refractivity contribution < 1.29 is 8.78 Å². The van der Waals surface area contributed by atoms with Crippen LogP contribution in [0.25, 0.3) is 27.9 Å². The zero-order valence-corrected chi connectivity index (χ0v) is 17.1. The summed E-state index contributed by atoms with van der Waals surface area (Å²) in [6.45, 7) is 5.43. The maximum Gasteiger partial charge on any atom is 0.256 e. The van der Waals surface area contributed by atoms with Gasteiger partial charge >= 0.3 is 0 Å². The molecule has 0 amide bonds. The first-order valence-electron chi connectivity index (χ1n) is 9.95. The molecule has 10 heteroatoms. The Morgan fingerprint density at radius 1 is 1.10 bits per heavy atom. The Labute approximate surface area is 174 Å². The van der Waals surface area contributed by atoms with Crippen LogP contribution in [0.5, 0.6) is 0 Å². The molecule has 7 nitrogen and oxygen atoms in total. The van der Waals surface area contributed by atoms with Gasteiger partial charge in [0, 0.05) is 23.4 Å². The van der Waals surface area contributed by atoms with Crippen molar-refractivity contribution >= 4 is 36.1 Å². The Morgan fingerprint density at radius 3 is 2.57 bits per heavy atom. The van der Waals surface area contributed by atoms with Crippen LogP contribution in [-0.2, 0) is 6.54 Å². The summed E-state index contributed by atoms with van der Waals surface area (Å²) in [5.41, 5.74) is 3.24. The Kier molecular flexibility index (Phi) is 5.40. The molecule has 0 aliphatic rings. The van der Waals surface area contributed by atoms with E-state index in [2.05, 4.69) is 39.2 Å². The number of nitrogens with zero attached hydrogens (tertiary/aromatic N) is 6. The average molecular weight is 409 g/mol. The van der Waals surface area contributed by atoms with Crippen LogP contribution >= 0.6 is 0 Å². The van der Waals surface area contributed by atoms with E-state index in [1.54, 1.807) is 29.8 Å². The van der Waals surface area contributed by atoms with Crippen molar-refractivity contribution in [1.29, 1.82) is 0 Å². The molecule has 2 radical (unpaired) electrons. The molecule has 1 N–H and O–H groups in total. The smallest absolute Gasteiger partial charge is 0.256 e. The van der Waals surface area contributed by atoms with E-state index in [-0.39, 0.29) is 6.04 Å². The van der Waals surface area contributed by atoms with E-state index >= 15 is 0 Å². The van der Waals surface area contributed by atoms with E-state index in [1.165, 1.54) is 4.57 Å². The van der Waals surface area contributed by atoms with Gasteiger partial charge in [-0.25, -0.2) is 28.2 Å². The van der Waals surface area contributed by atoms with Gasteiger partial charge in [0.25, 0.3) is 6.43 Å². The number of anilines is 1. The molecule has 30 heavy (non-hydrogen) atoms. The quantitative estimate of drug-likeness (QED) is 0.475. The van der Waals surface area contributed by atoms with Crippen molar-refractivity contribution in [3.05, 3.63) is 30.2 Å². The van der Waals surface area contributed by atoms with Gasteiger partial charge in [-0.1, -0.05) is 13.8 Å². The van der Waals surface area contributed by atoms with Crippen LogP contribution in [0.3, 0.4) is 0 Å². The lowest BCUT2D eigenvalue weighted by Gasteiger charge is -2.15. The van der Waals surface area contributed by atoms with Crippen LogP contribution in [0, 0.1) is 6.92 Å². The molecule has 4 rings (SSSR count). The zero-order valence-electron chi connectivity index (χ0n) is 17.1. The van der Waals surface area contributed by atoms with Gasteiger partial charge in [0.05, 0.1) is 17.8 Å². The predicted molar refractivity (Wildman–Crippen MR) is 114 cm³/mol. The molecule has 0 spiro atoms. The van der Waals surface area contributed by atoms with Gasteiger partial charge in [-0.05, 0) is 38.0 Å². The number of rotatable bonds is 7. The highest BCUT2D eigenvalue weighted by molar-refractivity contribution is 6.36. The molecule has 0 aromatic carbocycles. The topological polar surface area (TPSA) is 72.9 Å². The highest BCUT2D eigenvalue weighted by Gasteiger charge is 2.17. The van der Waals surface area contributed by atoms with Crippen molar-refractivity contribution in [2.75, 3.05) is 5.32 Å². The lowest BCUT2D eigenvalue weighted by atomic mass is 10.00. The summed E-state index contributed by atoms with van der Waals surface area (Å²) >= 11 is 0. The molecule has 0 bridgehead atoms. The number of hydrogen-bond acceptors (Lipinski definition) is 5. The minimum absolute atomic E-state index is 0.263. The summed E-state index contributed by atoms with van der Waals surface area (Å²) in [5, 5.41) is 7.80. The summed E-state index contributed by atoms with van der Waals surface area (Å²) in [6, 6.07) is 5.68. The van der Waals surface area contributed by atoms with Crippen molar-refractivity contribution in [2.45, 2.75) is 52.6 Å². The van der Waals surface area contributed by atoms with Crippen LogP contribution in [0.4, 0.5) is 14.7 Å². The molecule has 0 atom stereocenters. The Hall–Kier alpha value is -3.04. The maximum atomic E-state index is 13.0. The average Bonchev–Trinajstić information content (AvgIpc) is 3.27. The van der Waals surface area contributed by atoms with E-state index in [1.807, 2.05) is 6.07 Å². The van der Waals surface area contributed by atoms with Crippen molar-refractivity contribution in [3.8, 4) is 11.3 Å². The molecule has 0 aliphatic heterocycles. The second kappa shape index (κ2) is 8.00. The van der Waals surface area contributed by atoms with E-state index in [0.29, 0.717) is 39.7 Å². The lowest BCUT2D eigenvalue weighted by molar-refractivity contribution is 0.127. The number of alkyl halides is 2. The third-order valence-electron chi connectivity index (χ3n) is 5.24. The van der Waals surface area contributed by atoms with Crippen LogP contribution in [0.15, 0.2) is 24.4 Å². The van der Waals surface area contributed by atoms with E-state index in [0.717, 1.165) is 18.4 Å². The number of imidazole rings is 1. The third kappa shape index (κ3) is 3.62. The first-order chi connectivity index (χ1) is 14.4. The monoisotopic (exact) mass is 409 g/mol. The summed E-state index contributed by atoms with van der Waals surface area (Å²) < 4.78 is 29.1. The molecule has 0 saturated carbocycles. The fourth-order valence-electron chi connectivity index (χ4n) is 3.62. The summed E-state index contributed by atoms with van der Waals surface area (Å²) in [7, 11) is 6.25. The van der Waals surface area contributed by atoms with E-state index in [9.17, 15) is 8.78 Å². The minimum Gasteiger partial charge on any atom is -0.350 e. The summed E-state index contributed by atoms with van der Waals surface area (Å²) in [5.74, 6) is 0.960. The van der Waals surface area contributed by atoms with Gasteiger partial charge in [0.2, 0.25) is 5.95 Å². The minimum atomic E-state index is -2.49. The van der Waals surface area contributed by atoms with Gasteiger partial charge in [-0.3, -0.25) is 0 Å². The Morgan fingerprint density at radius 2 is 1.87 bits per heavy atom. The number of aromatic nitrogens is 6. The predicted octanol–water partition coefficient (Wildman–Crippen LogP) is 3.11. The summed E-state index contributed by atoms with van der Waals surface area (Å²) in [6.07, 6.45) is 1.19. The standard InChI is InChI=1S/C20H22BF2N7/c1-4-12(5-2)25-20-27-18(21)17-13(8-9-30(17)28-20)14-6-7-15-19(26-14)29(10-16(22)23)11(3)24-15/h6-9,12,16H,4-5,10H2,1-3H3,(H,25,28). The number of halogens is 2. The van der Waals surface area contributed by atoms with Gasteiger partial charge < -0.3 is 9.88 Å². The Balaban J connectivity index is 1.78. The molecular formula is C20H22BF2N7. The molecule has 154 valence electrons. The van der Waals surface area contributed by atoms with E-state index < -0.39 is 13.0 Å². The lowest BCUT2D eigenvalue weighted by Crippen LogP contribution is -2.24. The first-order valence-corrected chi connectivity index (χ1v) is 9.95. The normalized spacial score (nSPS) is 12.0. The number of nitrogens with one attached hydrogen (secondary N) is 1. The molecule has 0 unspecified atom stereocenters. The summed E-state index contributed by atoms with van der Waals surface area (Å²) in [4.78, 5) is 13.3. The van der Waals surface area contributed by atoms with Crippen LogP contribution in [0.2, 0.25) is 0 Å². The number of hydrogen-bond donors (Lipinski definition) is 1. The van der Waals surface area contributed by atoms with Gasteiger partial charge in [-0.15, -0.1) is 5.10 Å². The molecular weight excluding hydrogens is 387 g/mol. The zero-order chi connectivity index (χ0) is 21.4. The highest BCUT2D eigenvalue weighted by atomic mass is 19.3. The fraction of sp³-hybridized carbons (Fsp3) is 0.400. The number of pyridine rings is 1.